The van der Waals surface area contributed by atoms with Gasteiger partial charge in [0, 0.05) is 5.69 Å². The number of carbonyl (C=O) groups excluding carboxylic acids is 1. The van der Waals surface area contributed by atoms with Crippen LogP contribution in [0, 0.1) is 0 Å². The lowest BCUT2D eigenvalue weighted by Crippen LogP contribution is -2.33. The number of aromatic nitrogens is 2. The SMILES string of the molecule is O=C(Cn1c(SC(F)F)nc2ccccc21)Nc1ccc(S(=O)(=O)NCC(F)(F)F)cc1. The molecule has 1 amide bonds. The molecule has 1 heterocycles. The predicted molar refractivity (Wildman–Crippen MR) is 108 cm³/mol. The molecular weight excluding hydrogens is 479 g/mol. The molecule has 0 aliphatic heterocycles. The topological polar surface area (TPSA) is 93.1 Å². The Morgan fingerprint density at radius 2 is 1.75 bits per heavy atom. The van der Waals surface area contributed by atoms with Crippen molar-refractivity contribution in [1.82, 2.24) is 14.3 Å². The number of para-hydroxylation sites is 2. The lowest BCUT2D eigenvalue weighted by molar-refractivity contribution is -0.121. The molecule has 0 aliphatic carbocycles. The third kappa shape index (κ3) is 6.17. The van der Waals surface area contributed by atoms with Gasteiger partial charge in [0.15, 0.2) is 5.16 Å². The second kappa shape index (κ2) is 9.42. The molecule has 0 saturated heterocycles. The second-order valence-electron chi connectivity index (χ2n) is 6.36. The normalized spacial score (nSPS) is 12.4. The van der Waals surface area contributed by atoms with Crippen LogP contribution in [0.3, 0.4) is 0 Å². The van der Waals surface area contributed by atoms with Crippen LogP contribution in [0.1, 0.15) is 0 Å². The minimum absolute atomic E-state index is 0.0477. The average Bonchev–Trinajstić information content (AvgIpc) is 3.03. The molecule has 2 N–H and O–H groups in total. The molecule has 0 aliphatic rings. The number of imidazole rings is 1. The highest BCUT2D eigenvalue weighted by atomic mass is 32.2. The van der Waals surface area contributed by atoms with Gasteiger partial charge in [0.2, 0.25) is 15.9 Å². The van der Waals surface area contributed by atoms with Crippen molar-refractivity contribution in [3.8, 4) is 0 Å². The third-order valence-electron chi connectivity index (χ3n) is 4.03. The van der Waals surface area contributed by atoms with E-state index in [1.165, 1.54) is 21.4 Å². The van der Waals surface area contributed by atoms with Crippen LogP contribution >= 0.6 is 11.8 Å². The van der Waals surface area contributed by atoms with Gasteiger partial charge in [-0.15, -0.1) is 0 Å². The van der Waals surface area contributed by atoms with Crippen LogP contribution in [-0.4, -0.2) is 42.4 Å². The number of thioether (sulfide) groups is 1. The van der Waals surface area contributed by atoms with Crippen molar-refractivity contribution in [3.63, 3.8) is 0 Å². The maximum atomic E-state index is 12.9. The van der Waals surface area contributed by atoms with E-state index in [9.17, 15) is 35.2 Å². The van der Waals surface area contributed by atoms with E-state index in [-0.39, 0.29) is 29.2 Å². The van der Waals surface area contributed by atoms with Crippen LogP contribution in [0.15, 0.2) is 58.6 Å². The number of hydrogen-bond acceptors (Lipinski definition) is 5. The Morgan fingerprint density at radius 3 is 2.38 bits per heavy atom. The highest BCUT2D eigenvalue weighted by molar-refractivity contribution is 7.99. The molecule has 0 spiro atoms. The molecule has 172 valence electrons. The molecule has 0 unspecified atom stereocenters. The van der Waals surface area contributed by atoms with Crippen molar-refractivity contribution in [2.75, 3.05) is 11.9 Å². The molecular formula is C18H15F5N4O3S2. The number of nitrogens with one attached hydrogen (secondary N) is 2. The number of alkyl halides is 5. The minimum Gasteiger partial charge on any atom is -0.325 e. The van der Waals surface area contributed by atoms with E-state index in [0.29, 0.717) is 11.0 Å². The van der Waals surface area contributed by atoms with Gasteiger partial charge >= 0.3 is 6.18 Å². The molecule has 0 fully saturated rings. The second-order valence-corrected chi connectivity index (χ2v) is 9.08. The van der Waals surface area contributed by atoms with E-state index in [2.05, 4.69) is 10.3 Å². The van der Waals surface area contributed by atoms with Gasteiger partial charge in [0.05, 0.1) is 15.9 Å². The van der Waals surface area contributed by atoms with Gasteiger partial charge in [0.1, 0.15) is 13.1 Å². The van der Waals surface area contributed by atoms with E-state index in [0.717, 1.165) is 12.1 Å². The Kier molecular flexibility index (Phi) is 7.05. The zero-order valence-corrected chi connectivity index (χ0v) is 17.6. The van der Waals surface area contributed by atoms with Crippen molar-refractivity contribution in [2.45, 2.75) is 28.5 Å². The summed E-state index contributed by atoms with van der Waals surface area (Å²) in [4.78, 5) is 16.1. The first-order valence-corrected chi connectivity index (χ1v) is 11.2. The molecule has 32 heavy (non-hydrogen) atoms. The molecule has 2 aromatic carbocycles. The number of carbonyl (C=O) groups is 1. The summed E-state index contributed by atoms with van der Waals surface area (Å²) in [5.74, 6) is -3.34. The largest absolute Gasteiger partial charge is 0.402 e. The Labute approximate surface area is 183 Å². The first kappa shape index (κ1) is 23.9. The summed E-state index contributed by atoms with van der Waals surface area (Å²) < 4.78 is 89.0. The quantitative estimate of drug-likeness (QED) is 0.367. The predicted octanol–water partition coefficient (Wildman–Crippen LogP) is 3.83. The average molecular weight is 494 g/mol. The van der Waals surface area contributed by atoms with Gasteiger partial charge in [-0.2, -0.15) is 22.0 Å². The fraction of sp³-hybridized carbons (Fsp3) is 0.222. The number of rotatable bonds is 8. The molecule has 14 heteroatoms. The highest BCUT2D eigenvalue weighted by Gasteiger charge is 2.30. The molecule has 0 radical (unpaired) electrons. The molecule has 0 saturated carbocycles. The Hall–Kier alpha value is -2.71. The molecule has 7 nitrogen and oxygen atoms in total. The standard InChI is InChI=1S/C18H15F5N4O3S2/c19-16(20)31-17-26-13-3-1-2-4-14(13)27(17)9-15(28)25-11-5-7-12(8-6-11)32(29,30)24-10-18(21,22)23/h1-8,16,24H,9-10H2,(H,25,28). The number of hydrogen-bond donors (Lipinski definition) is 2. The molecule has 3 rings (SSSR count). The van der Waals surface area contributed by atoms with Crippen LogP contribution in [0.5, 0.6) is 0 Å². The number of anilines is 1. The molecule has 1 aromatic heterocycles. The molecule has 0 bridgehead atoms. The fourth-order valence-corrected chi connectivity index (χ4v) is 4.31. The Morgan fingerprint density at radius 1 is 1.09 bits per heavy atom. The zero-order valence-electron chi connectivity index (χ0n) is 15.9. The van der Waals surface area contributed by atoms with Gasteiger partial charge in [-0.05, 0) is 48.2 Å². The summed E-state index contributed by atoms with van der Waals surface area (Å²) in [7, 11) is -4.39. The van der Waals surface area contributed by atoms with Gasteiger partial charge in [-0.1, -0.05) is 12.1 Å². The van der Waals surface area contributed by atoms with E-state index in [4.69, 9.17) is 0 Å². The number of amides is 1. The lowest BCUT2D eigenvalue weighted by Gasteiger charge is -2.11. The van der Waals surface area contributed by atoms with E-state index >= 15 is 0 Å². The first-order valence-electron chi connectivity index (χ1n) is 8.81. The van der Waals surface area contributed by atoms with E-state index < -0.39 is 39.3 Å². The van der Waals surface area contributed by atoms with E-state index in [1.807, 2.05) is 0 Å². The summed E-state index contributed by atoms with van der Waals surface area (Å²) in [5.41, 5.74) is 1.07. The monoisotopic (exact) mass is 494 g/mol. The third-order valence-corrected chi connectivity index (χ3v) is 6.14. The molecule has 0 atom stereocenters. The zero-order chi connectivity index (χ0) is 23.5. The van der Waals surface area contributed by atoms with Crippen LogP contribution in [0.2, 0.25) is 0 Å². The smallest absolute Gasteiger partial charge is 0.325 e. The van der Waals surface area contributed by atoms with Gasteiger partial charge in [-0.3, -0.25) is 4.79 Å². The Balaban J connectivity index is 1.72. The summed E-state index contributed by atoms with van der Waals surface area (Å²) in [5, 5.41) is 2.43. The summed E-state index contributed by atoms with van der Waals surface area (Å²) >= 11 is 0.195. The molecule has 3 aromatic rings. The van der Waals surface area contributed by atoms with Crippen molar-refractivity contribution >= 4 is 44.4 Å². The van der Waals surface area contributed by atoms with Crippen molar-refractivity contribution in [2.24, 2.45) is 0 Å². The maximum Gasteiger partial charge on any atom is 0.402 e. The van der Waals surface area contributed by atoms with Crippen LogP contribution in [0.25, 0.3) is 11.0 Å². The fourth-order valence-electron chi connectivity index (χ4n) is 2.70. The van der Waals surface area contributed by atoms with Crippen molar-refractivity contribution in [3.05, 3.63) is 48.5 Å². The Bertz CT molecular complexity index is 1210. The summed E-state index contributed by atoms with van der Waals surface area (Å²) in [6, 6.07) is 11.0. The minimum atomic E-state index is -4.71. The van der Waals surface area contributed by atoms with Crippen LogP contribution in [0.4, 0.5) is 27.6 Å². The van der Waals surface area contributed by atoms with Gasteiger partial charge in [-0.25, -0.2) is 18.1 Å². The first-order chi connectivity index (χ1) is 14.9. The van der Waals surface area contributed by atoms with Crippen molar-refractivity contribution < 1.29 is 35.2 Å². The lowest BCUT2D eigenvalue weighted by atomic mass is 10.3. The maximum absolute atomic E-state index is 12.9. The van der Waals surface area contributed by atoms with Gasteiger partial charge in [0.25, 0.3) is 5.76 Å². The highest BCUT2D eigenvalue weighted by Crippen LogP contribution is 2.28. The number of fused-ring (bicyclic) bond motifs is 1. The summed E-state index contributed by atoms with van der Waals surface area (Å²) in [6.45, 7) is -2.06. The van der Waals surface area contributed by atoms with Crippen LogP contribution in [-0.2, 0) is 21.4 Å². The number of nitrogens with zero attached hydrogens (tertiary/aromatic N) is 2. The van der Waals surface area contributed by atoms with Crippen LogP contribution < -0.4 is 10.0 Å². The van der Waals surface area contributed by atoms with E-state index in [1.54, 1.807) is 24.3 Å². The van der Waals surface area contributed by atoms with Gasteiger partial charge < -0.3 is 9.88 Å². The van der Waals surface area contributed by atoms with Crippen molar-refractivity contribution in [1.29, 1.82) is 0 Å². The number of benzene rings is 2. The number of halogens is 5. The summed E-state index contributed by atoms with van der Waals surface area (Å²) in [6.07, 6.45) is -4.71. The number of sulfonamides is 1.